The minimum absolute atomic E-state index is 0.0153. The highest BCUT2D eigenvalue weighted by atomic mass is 16.8. The number of amides is 1. The third kappa shape index (κ3) is 5.97. The topological polar surface area (TPSA) is 142 Å². The summed E-state index contributed by atoms with van der Waals surface area (Å²) in [5, 5.41) is 17.5. The minimum Gasteiger partial charge on any atom is -0.427 e. The van der Waals surface area contributed by atoms with Crippen molar-refractivity contribution < 1.29 is 19.2 Å². The van der Waals surface area contributed by atoms with Crippen LogP contribution in [0.2, 0.25) is 0 Å². The number of pyridine rings is 1. The van der Waals surface area contributed by atoms with Gasteiger partial charge in [-0.05, 0) is 75.1 Å². The Bertz CT molecular complexity index is 1450. The molecule has 0 aliphatic carbocycles. The van der Waals surface area contributed by atoms with Gasteiger partial charge in [0.2, 0.25) is 11.9 Å². The molecule has 11 nitrogen and oxygen atoms in total. The number of ether oxygens (including phenoxy) is 1. The van der Waals surface area contributed by atoms with Crippen LogP contribution in [-0.4, -0.2) is 50.8 Å². The maximum atomic E-state index is 12.0. The van der Waals surface area contributed by atoms with Gasteiger partial charge in [-0.2, -0.15) is 5.26 Å². The SMILES string of the molecule is CC(C)(C)OC(=O)ON1CC(C#N)(c2ncccc2CCc2ccnc(Nc3ccc4c(c3)CC(=O)N4)n2)C1. The fourth-order valence-electron chi connectivity index (χ4n) is 4.63. The third-order valence-corrected chi connectivity index (χ3v) is 6.39. The van der Waals surface area contributed by atoms with Crippen molar-refractivity contribution in [2.45, 2.75) is 51.0 Å². The highest BCUT2D eigenvalue weighted by molar-refractivity contribution is 5.99. The smallest absolute Gasteiger partial charge is 0.427 e. The number of nitriles is 1. The lowest BCUT2D eigenvalue weighted by molar-refractivity contribution is -0.195. The predicted octanol–water partition coefficient (Wildman–Crippen LogP) is 3.84. The second kappa shape index (κ2) is 10.3. The Balaban J connectivity index is 1.23. The van der Waals surface area contributed by atoms with E-state index >= 15 is 0 Å². The molecule has 0 radical (unpaired) electrons. The molecule has 11 heteroatoms. The third-order valence-electron chi connectivity index (χ3n) is 6.39. The van der Waals surface area contributed by atoms with E-state index in [1.807, 2.05) is 36.4 Å². The standard InChI is InChI=1S/C28H29N7O4/c1-27(2,3)38-26(37)39-35-16-28(15-29,17-35)24-18(5-4-11-30-24)6-7-20-10-12-31-25(32-20)33-21-8-9-22-19(13-21)14-23(36)34-22/h4-5,8-13H,6-7,14,16-17H2,1-3H3,(H,34,36)(H,31,32,33). The molecule has 2 aliphatic heterocycles. The van der Waals surface area contributed by atoms with Gasteiger partial charge in [0.15, 0.2) is 0 Å². The largest absolute Gasteiger partial charge is 0.528 e. The van der Waals surface area contributed by atoms with Crippen molar-refractivity contribution in [2.75, 3.05) is 23.7 Å². The molecular weight excluding hydrogens is 498 g/mol. The summed E-state index contributed by atoms with van der Waals surface area (Å²) in [4.78, 5) is 42.4. The van der Waals surface area contributed by atoms with Gasteiger partial charge in [0.1, 0.15) is 11.0 Å². The zero-order chi connectivity index (χ0) is 27.6. The summed E-state index contributed by atoms with van der Waals surface area (Å²) in [7, 11) is 0. The molecule has 1 aromatic carbocycles. The number of hydroxylamine groups is 2. The Labute approximate surface area is 226 Å². The van der Waals surface area contributed by atoms with Crippen molar-refractivity contribution in [3.05, 3.63) is 71.3 Å². The summed E-state index contributed by atoms with van der Waals surface area (Å²) in [6.07, 6.45) is 4.15. The van der Waals surface area contributed by atoms with Crippen LogP contribution in [0, 0.1) is 11.3 Å². The molecule has 4 heterocycles. The summed E-state index contributed by atoms with van der Waals surface area (Å²) in [6.45, 7) is 5.69. The Kier molecular flexibility index (Phi) is 6.89. The van der Waals surface area contributed by atoms with E-state index in [0.29, 0.717) is 30.9 Å². The monoisotopic (exact) mass is 527 g/mol. The molecule has 0 spiro atoms. The van der Waals surface area contributed by atoms with Crippen LogP contribution in [0.3, 0.4) is 0 Å². The van der Waals surface area contributed by atoms with Crippen molar-refractivity contribution in [2.24, 2.45) is 0 Å². The van der Waals surface area contributed by atoms with Crippen molar-refractivity contribution >= 4 is 29.4 Å². The number of rotatable bonds is 7. The highest BCUT2D eigenvalue weighted by Gasteiger charge is 2.50. The summed E-state index contributed by atoms with van der Waals surface area (Å²) in [6, 6.07) is 13.7. The van der Waals surface area contributed by atoms with Gasteiger partial charge in [-0.25, -0.2) is 14.8 Å². The first-order chi connectivity index (χ1) is 18.6. The molecule has 1 amide bonds. The van der Waals surface area contributed by atoms with Crippen LogP contribution in [0.5, 0.6) is 0 Å². The van der Waals surface area contributed by atoms with Crippen molar-refractivity contribution in [1.29, 1.82) is 5.26 Å². The second-order valence-corrected chi connectivity index (χ2v) is 10.7. The number of hydrogen-bond donors (Lipinski definition) is 2. The molecule has 0 saturated carbocycles. The Morgan fingerprint density at radius 3 is 2.77 bits per heavy atom. The van der Waals surface area contributed by atoms with Gasteiger partial charge in [-0.15, -0.1) is 5.06 Å². The summed E-state index contributed by atoms with van der Waals surface area (Å²) < 4.78 is 5.20. The number of fused-ring (bicyclic) bond motifs is 1. The minimum atomic E-state index is -0.888. The molecule has 5 rings (SSSR count). The Morgan fingerprint density at radius 1 is 1.18 bits per heavy atom. The van der Waals surface area contributed by atoms with E-state index in [0.717, 1.165) is 28.2 Å². The van der Waals surface area contributed by atoms with Crippen LogP contribution in [0.1, 0.15) is 43.3 Å². The highest BCUT2D eigenvalue weighted by Crippen LogP contribution is 2.35. The van der Waals surface area contributed by atoms with E-state index in [9.17, 15) is 14.9 Å². The first-order valence-electron chi connectivity index (χ1n) is 12.7. The second-order valence-electron chi connectivity index (χ2n) is 10.7. The molecule has 0 unspecified atom stereocenters. The van der Waals surface area contributed by atoms with Crippen LogP contribution in [0.15, 0.2) is 48.8 Å². The van der Waals surface area contributed by atoms with E-state index < -0.39 is 17.2 Å². The van der Waals surface area contributed by atoms with Crippen LogP contribution < -0.4 is 10.6 Å². The molecule has 39 heavy (non-hydrogen) atoms. The number of anilines is 3. The molecule has 1 fully saturated rings. The predicted molar refractivity (Wildman–Crippen MR) is 142 cm³/mol. The molecule has 2 N–H and O–H groups in total. The van der Waals surface area contributed by atoms with Gasteiger partial charge in [0.05, 0.1) is 31.3 Å². The first kappa shape index (κ1) is 26.1. The van der Waals surface area contributed by atoms with E-state index in [4.69, 9.17) is 9.57 Å². The normalized spacial score (nSPS) is 15.9. The molecule has 1 saturated heterocycles. The number of benzene rings is 1. The number of hydrogen-bond acceptors (Lipinski definition) is 10. The van der Waals surface area contributed by atoms with Gasteiger partial charge in [-0.1, -0.05) is 6.07 Å². The Hall–Kier alpha value is -4.56. The van der Waals surface area contributed by atoms with Crippen LogP contribution in [0.4, 0.5) is 22.1 Å². The zero-order valence-electron chi connectivity index (χ0n) is 22.0. The lowest BCUT2D eigenvalue weighted by Crippen LogP contribution is -2.59. The molecule has 0 bridgehead atoms. The van der Waals surface area contributed by atoms with Crippen molar-refractivity contribution in [3.63, 3.8) is 0 Å². The first-order valence-corrected chi connectivity index (χ1v) is 12.7. The molecule has 2 aliphatic rings. The van der Waals surface area contributed by atoms with Crippen LogP contribution >= 0.6 is 0 Å². The fraction of sp³-hybridized carbons (Fsp3) is 0.357. The number of carbonyl (C=O) groups is 2. The average molecular weight is 528 g/mol. The van der Waals surface area contributed by atoms with E-state index in [-0.39, 0.29) is 19.0 Å². The quantitative estimate of drug-likeness (QED) is 0.435. The number of nitrogens with zero attached hydrogens (tertiary/aromatic N) is 5. The van der Waals surface area contributed by atoms with Crippen LogP contribution in [-0.2, 0) is 39.0 Å². The lowest BCUT2D eigenvalue weighted by Gasteiger charge is -2.43. The summed E-state index contributed by atoms with van der Waals surface area (Å²) in [5.41, 5.74) is 3.44. The number of aryl methyl sites for hydroxylation is 2. The molecule has 0 atom stereocenters. The molecular formula is C28H29N7O4. The van der Waals surface area contributed by atoms with Gasteiger partial charge < -0.3 is 20.2 Å². The maximum Gasteiger partial charge on any atom is 0.528 e. The van der Waals surface area contributed by atoms with E-state index in [1.165, 1.54) is 5.06 Å². The van der Waals surface area contributed by atoms with Gasteiger partial charge >= 0.3 is 6.16 Å². The molecule has 2 aromatic heterocycles. The van der Waals surface area contributed by atoms with E-state index in [1.54, 1.807) is 33.2 Å². The Morgan fingerprint density at radius 2 is 2.00 bits per heavy atom. The van der Waals surface area contributed by atoms with Crippen molar-refractivity contribution in [3.8, 4) is 6.07 Å². The number of carbonyl (C=O) groups excluding carboxylic acids is 2. The number of aromatic nitrogens is 3. The maximum absolute atomic E-state index is 12.0. The van der Waals surface area contributed by atoms with E-state index in [2.05, 4.69) is 31.7 Å². The molecule has 3 aromatic rings. The summed E-state index contributed by atoms with van der Waals surface area (Å²) >= 11 is 0. The van der Waals surface area contributed by atoms with Crippen LogP contribution in [0.25, 0.3) is 0 Å². The van der Waals surface area contributed by atoms with Gasteiger partial charge in [-0.3, -0.25) is 9.78 Å². The van der Waals surface area contributed by atoms with Crippen molar-refractivity contribution in [1.82, 2.24) is 20.0 Å². The fourth-order valence-corrected chi connectivity index (χ4v) is 4.63. The number of nitrogens with one attached hydrogen (secondary N) is 2. The van der Waals surface area contributed by atoms with Gasteiger partial charge in [0.25, 0.3) is 0 Å². The summed E-state index contributed by atoms with van der Waals surface area (Å²) in [5.74, 6) is 0.442. The lowest BCUT2D eigenvalue weighted by atomic mass is 9.77. The van der Waals surface area contributed by atoms with Gasteiger partial charge in [0, 0.05) is 29.5 Å². The zero-order valence-corrected chi connectivity index (χ0v) is 22.0. The average Bonchev–Trinajstić information content (AvgIpc) is 3.23. The molecule has 200 valence electrons.